The highest BCUT2D eigenvalue weighted by Crippen LogP contribution is 2.19. The van der Waals surface area contributed by atoms with Crippen molar-refractivity contribution in [2.45, 2.75) is 25.4 Å². The lowest BCUT2D eigenvalue weighted by molar-refractivity contribution is 0.0112. The normalized spacial score (nSPS) is 24.4. The predicted molar refractivity (Wildman–Crippen MR) is 45.1 cm³/mol. The lowest BCUT2D eigenvalue weighted by Crippen LogP contribution is -2.41. The number of nitrogens with zero attached hydrogens (tertiary/aromatic N) is 1. The Morgan fingerprint density at radius 2 is 2.00 bits per heavy atom. The van der Waals surface area contributed by atoms with Crippen LogP contribution in [0.4, 0.5) is 0 Å². The van der Waals surface area contributed by atoms with Crippen molar-refractivity contribution in [3.63, 3.8) is 0 Å². The van der Waals surface area contributed by atoms with Gasteiger partial charge in [0.05, 0.1) is 11.1 Å². The van der Waals surface area contributed by atoms with E-state index < -0.39 is 5.60 Å². The summed E-state index contributed by atoms with van der Waals surface area (Å²) in [4.78, 5) is 2.06. The largest absolute Gasteiger partial charge is 0.390 e. The van der Waals surface area contributed by atoms with Gasteiger partial charge < -0.3 is 10.0 Å². The lowest BCUT2D eigenvalue weighted by Gasteiger charge is -2.34. The van der Waals surface area contributed by atoms with Crippen molar-refractivity contribution in [2.24, 2.45) is 0 Å². The molecule has 0 aliphatic carbocycles. The predicted octanol–water partition coefficient (Wildman–Crippen LogP) is 0.790. The number of likely N-dealkylation sites (tertiary alicyclic amines) is 1. The molecule has 3 heteroatoms. The summed E-state index contributed by atoms with van der Waals surface area (Å²) in [5.41, 5.74) is 1.23. The molecule has 0 spiro atoms. The maximum absolute atomic E-state index is 9.51. The first-order valence-electron chi connectivity index (χ1n) is 3.56. The Morgan fingerprint density at radius 1 is 1.50 bits per heavy atom. The Labute approximate surface area is 66.8 Å². The molecule has 0 radical (unpaired) electrons. The third-order valence-corrected chi connectivity index (χ3v) is 2.32. The summed E-state index contributed by atoms with van der Waals surface area (Å²) in [6.07, 6.45) is 1.67. The Kier molecular flexibility index (Phi) is 2.26. The first-order valence-corrected chi connectivity index (χ1v) is 4.03. The Hall–Kier alpha value is -0.150. The average Bonchev–Trinajstić information content (AvgIpc) is 1.88. The van der Waals surface area contributed by atoms with Crippen molar-refractivity contribution in [1.82, 2.24) is 4.90 Å². The van der Waals surface area contributed by atoms with Gasteiger partial charge >= 0.3 is 0 Å². The van der Waals surface area contributed by atoms with Gasteiger partial charge in [0.25, 0.3) is 0 Å². The summed E-state index contributed by atoms with van der Waals surface area (Å²) in [7, 11) is 0. The van der Waals surface area contributed by atoms with Crippen LogP contribution >= 0.6 is 12.2 Å². The summed E-state index contributed by atoms with van der Waals surface area (Å²) in [5.74, 6) is 0. The van der Waals surface area contributed by atoms with Crippen LogP contribution in [0, 0.1) is 0 Å². The zero-order chi connectivity index (χ0) is 7.61. The van der Waals surface area contributed by atoms with Gasteiger partial charge in [-0.2, -0.15) is 0 Å². The van der Waals surface area contributed by atoms with Gasteiger partial charge in [0, 0.05) is 13.1 Å². The lowest BCUT2D eigenvalue weighted by atomic mass is 9.94. The molecule has 0 aromatic heterocycles. The number of aliphatic hydroxyl groups is 1. The van der Waals surface area contributed by atoms with Crippen LogP contribution in [0.1, 0.15) is 19.8 Å². The Morgan fingerprint density at radius 3 is 2.40 bits per heavy atom. The third kappa shape index (κ3) is 1.92. The van der Waals surface area contributed by atoms with Gasteiger partial charge in [-0.15, -0.1) is 0 Å². The summed E-state index contributed by atoms with van der Waals surface area (Å²) in [5, 5.41) is 9.51. The summed E-state index contributed by atoms with van der Waals surface area (Å²) < 4.78 is 0. The van der Waals surface area contributed by atoms with Crippen molar-refractivity contribution >= 4 is 17.7 Å². The van der Waals surface area contributed by atoms with Crippen LogP contribution < -0.4 is 0 Å². The average molecular weight is 159 g/mol. The molecule has 0 unspecified atom stereocenters. The molecule has 1 N–H and O–H groups in total. The third-order valence-electron chi connectivity index (χ3n) is 2.02. The zero-order valence-corrected chi connectivity index (χ0v) is 7.02. The topological polar surface area (TPSA) is 23.5 Å². The minimum atomic E-state index is -0.450. The van der Waals surface area contributed by atoms with E-state index in [1.165, 1.54) is 0 Å². The van der Waals surface area contributed by atoms with E-state index in [1.54, 1.807) is 5.49 Å². The van der Waals surface area contributed by atoms with Gasteiger partial charge in [-0.05, 0) is 19.8 Å². The van der Waals surface area contributed by atoms with Crippen LogP contribution in [0.25, 0.3) is 0 Å². The van der Waals surface area contributed by atoms with Gasteiger partial charge in [0.1, 0.15) is 0 Å². The van der Waals surface area contributed by atoms with Crippen molar-refractivity contribution in [2.75, 3.05) is 13.1 Å². The molecule has 1 fully saturated rings. The Balaban J connectivity index is 2.38. The number of rotatable bonds is 1. The van der Waals surface area contributed by atoms with E-state index in [9.17, 15) is 5.11 Å². The summed E-state index contributed by atoms with van der Waals surface area (Å²) in [6, 6.07) is 0. The van der Waals surface area contributed by atoms with E-state index in [0.29, 0.717) is 0 Å². The first kappa shape index (κ1) is 7.95. The number of piperidine rings is 1. The second kappa shape index (κ2) is 2.84. The number of hydrogen-bond donors (Lipinski definition) is 1. The van der Waals surface area contributed by atoms with E-state index in [2.05, 4.69) is 4.90 Å². The van der Waals surface area contributed by atoms with E-state index in [4.69, 9.17) is 12.2 Å². The second-order valence-electron chi connectivity index (χ2n) is 3.14. The monoisotopic (exact) mass is 159 g/mol. The summed E-state index contributed by atoms with van der Waals surface area (Å²) >= 11 is 4.77. The molecule has 0 amide bonds. The van der Waals surface area contributed by atoms with Crippen molar-refractivity contribution < 1.29 is 5.11 Å². The number of hydrogen-bond acceptors (Lipinski definition) is 2. The fourth-order valence-corrected chi connectivity index (χ4v) is 1.32. The highest BCUT2D eigenvalue weighted by molar-refractivity contribution is 7.78. The molecule has 58 valence electrons. The minimum absolute atomic E-state index is 0.450. The summed E-state index contributed by atoms with van der Waals surface area (Å²) in [6.45, 7) is 3.68. The minimum Gasteiger partial charge on any atom is -0.390 e. The molecule has 0 saturated carbocycles. The molecule has 0 atom stereocenters. The van der Waals surface area contributed by atoms with E-state index in [1.807, 2.05) is 6.92 Å². The molecule has 1 aliphatic heterocycles. The fraction of sp³-hybridized carbons (Fsp3) is 0.857. The van der Waals surface area contributed by atoms with Gasteiger partial charge in [0.15, 0.2) is 0 Å². The van der Waals surface area contributed by atoms with Gasteiger partial charge in [-0.25, -0.2) is 0 Å². The fourth-order valence-electron chi connectivity index (χ4n) is 1.11. The quantitative estimate of drug-likeness (QED) is 0.572. The van der Waals surface area contributed by atoms with E-state index in [0.717, 1.165) is 25.9 Å². The Bertz CT molecular complexity index is 126. The van der Waals surface area contributed by atoms with Crippen molar-refractivity contribution in [3.05, 3.63) is 0 Å². The van der Waals surface area contributed by atoms with Gasteiger partial charge in [-0.1, -0.05) is 12.2 Å². The highest BCUT2D eigenvalue weighted by Gasteiger charge is 2.25. The van der Waals surface area contributed by atoms with Crippen molar-refractivity contribution in [1.29, 1.82) is 0 Å². The van der Waals surface area contributed by atoms with Crippen molar-refractivity contribution in [3.8, 4) is 0 Å². The second-order valence-corrected chi connectivity index (χ2v) is 3.35. The molecule has 1 heterocycles. The van der Waals surface area contributed by atoms with Crippen LogP contribution in [0.15, 0.2) is 0 Å². The molecule has 10 heavy (non-hydrogen) atoms. The van der Waals surface area contributed by atoms with Gasteiger partial charge in [-0.3, -0.25) is 0 Å². The van der Waals surface area contributed by atoms with E-state index >= 15 is 0 Å². The maximum atomic E-state index is 9.51. The molecule has 1 aliphatic rings. The van der Waals surface area contributed by atoms with Crippen LogP contribution in [0.5, 0.6) is 0 Å². The van der Waals surface area contributed by atoms with Crippen LogP contribution in [-0.4, -0.2) is 34.2 Å². The zero-order valence-electron chi connectivity index (χ0n) is 6.21. The van der Waals surface area contributed by atoms with E-state index in [-0.39, 0.29) is 0 Å². The molecule has 0 aromatic rings. The van der Waals surface area contributed by atoms with Crippen LogP contribution in [0.2, 0.25) is 0 Å². The maximum Gasteiger partial charge on any atom is 0.0653 e. The van der Waals surface area contributed by atoms with Crippen LogP contribution in [-0.2, 0) is 0 Å². The molecular weight excluding hydrogens is 146 g/mol. The molecule has 0 aromatic carbocycles. The molecule has 0 bridgehead atoms. The molecule has 1 rings (SSSR count). The molecule has 2 nitrogen and oxygen atoms in total. The molecule has 1 saturated heterocycles. The smallest absolute Gasteiger partial charge is 0.0653 e. The highest BCUT2D eigenvalue weighted by atomic mass is 32.1. The van der Waals surface area contributed by atoms with Gasteiger partial charge in [0.2, 0.25) is 0 Å². The molecular formula is C7H13NOS. The van der Waals surface area contributed by atoms with Crippen LogP contribution in [0.3, 0.4) is 0 Å². The standard InChI is InChI=1S/C7H13NOS/c1-7(9)2-4-8(6-10)5-3-7/h6,9H,2-5H2,1H3. The first-order chi connectivity index (χ1) is 4.64. The number of thiocarbonyl (C=S) groups is 1. The SMILES string of the molecule is CC1(O)CCN(C=S)CC1.